The highest BCUT2D eigenvalue weighted by atomic mass is 32.2. The molecule has 2 heterocycles. The first kappa shape index (κ1) is 23.4. The molecule has 1 aromatic heterocycles. The van der Waals surface area contributed by atoms with Crippen molar-refractivity contribution in [3.63, 3.8) is 0 Å². The third-order valence-corrected chi connectivity index (χ3v) is 8.04. The van der Waals surface area contributed by atoms with Crippen molar-refractivity contribution in [1.82, 2.24) is 14.2 Å². The van der Waals surface area contributed by atoms with Gasteiger partial charge in [0.1, 0.15) is 0 Å². The molecule has 2 aromatic rings. The fourth-order valence-electron chi connectivity index (χ4n) is 3.26. The van der Waals surface area contributed by atoms with Crippen LogP contribution in [0.25, 0.3) is 0 Å². The van der Waals surface area contributed by atoms with E-state index in [9.17, 15) is 18.0 Å². The number of nitrogens with one attached hydrogen (secondary N) is 1. The van der Waals surface area contributed by atoms with E-state index in [-0.39, 0.29) is 37.2 Å². The summed E-state index contributed by atoms with van der Waals surface area (Å²) in [5.74, 6) is -0.366. The van der Waals surface area contributed by atoms with E-state index in [4.69, 9.17) is 0 Å². The summed E-state index contributed by atoms with van der Waals surface area (Å²) in [6.45, 7) is 8.45. The van der Waals surface area contributed by atoms with Gasteiger partial charge in [0.25, 0.3) is 0 Å². The first-order valence-electron chi connectivity index (χ1n) is 10.2. The maximum atomic E-state index is 13.0. The Labute approximate surface area is 187 Å². The second kappa shape index (κ2) is 9.46. The summed E-state index contributed by atoms with van der Waals surface area (Å²) in [6.07, 6.45) is 0.123. The van der Waals surface area contributed by atoms with Crippen molar-refractivity contribution in [2.24, 2.45) is 5.92 Å². The van der Waals surface area contributed by atoms with E-state index in [1.807, 2.05) is 19.1 Å². The van der Waals surface area contributed by atoms with E-state index in [1.165, 1.54) is 15.6 Å². The van der Waals surface area contributed by atoms with Gasteiger partial charge in [0.2, 0.25) is 21.8 Å². The van der Waals surface area contributed by atoms with Crippen LogP contribution in [0.1, 0.15) is 30.7 Å². The predicted molar refractivity (Wildman–Crippen MR) is 121 cm³/mol. The summed E-state index contributed by atoms with van der Waals surface area (Å²) >= 11 is 1.29. The smallest absolute Gasteiger partial charge is 0.243 e. The van der Waals surface area contributed by atoms with Crippen molar-refractivity contribution in [1.29, 1.82) is 0 Å². The van der Waals surface area contributed by atoms with Crippen LogP contribution in [0.3, 0.4) is 0 Å². The molecule has 168 valence electrons. The Bertz CT molecular complexity index is 1070. The zero-order valence-corrected chi connectivity index (χ0v) is 19.8. The Morgan fingerprint density at radius 2 is 1.84 bits per heavy atom. The Hall–Kier alpha value is -2.30. The molecule has 2 amide bonds. The molecule has 0 atom stereocenters. The molecule has 1 saturated heterocycles. The van der Waals surface area contributed by atoms with Crippen LogP contribution in [0.4, 0.5) is 5.13 Å². The SMILES string of the molecule is Cc1ccc(C)c(S(=O)(=O)N2CCN(C(=O)Cc3csc(NC(=O)C(C)C)n3)CC2)c1. The van der Waals surface area contributed by atoms with Gasteiger partial charge in [0.05, 0.1) is 17.0 Å². The number of hydrogen-bond acceptors (Lipinski definition) is 6. The Morgan fingerprint density at radius 1 is 1.16 bits per heavy atom. The van der Waals surface area contributed by atoms with Gasteiger partial charge >= 0.3 is 0 Å². The van der Waals surface area contributed by atoms with Crippen molar-refractivity contribution >= 4 is 38.3 Å². The number of aromatic nitrogens is 1. The number of benzene rings is 1. The van der Waals surface area contributed by atoms with Crippen molar-refractivity contribution in [2.45, 2.75) is 39.0 Å². The fourth-order valence-corrected chi connectivity index (χ4v) is 5.71. The number of amides is 2. The normalized spacial score (nSPS) is 15.3. The summed E-state index contributed by atoms with van der Waals surface area (Å²) in [7, 11) is -3.59. The second-order valence-electron chi connectivity index (χ2n) is 8.02. The monoisotopic (exact) mass is 464 g/mol. The topological polar surface area (TPSA) is 99.7 Å². The highest BCUT2D eigenvalue weighted by Gasteiger charge is 2.31. The van der Waals surface area contributed by atoms with Crippen LogP contribution < -0.4 is 5.32 Å². The molecule has 31 heavy (non-hydrogen) atoms. The standard InChI is InChI=1S/C21H28N4O4S2/c1-14(2)20(27)23-21-22-17(13-30-21)12-19(26)24-7-9-25(10-8-24)31(28,29)18-11-15(3)5-6-16(18)4/h5-6,11,13-14H,7-10,12H2,1-4H3,(H,22,23,27). The molecule has 1 aliphatic rings. The van der Waals surface area contributed by atoms with Crippen molar-refractivity contribution in [2.75, 3.05) is 31.5 Å². The van der Waals surface area contributed by atoms with Gasteiger partial charge in [-0.2, -0.15) is 4.31 Å². The number of nitrogens with zero attached hydrogens (tertiary/aromatic N) is 3. The van der Waals surface area contributed by atoms with E-state index >= 15 is 0 Å². The molecule has 1 N–H and O–H groups in total. The number of carbonyl (C=O) groups is 2. The molecule has 10 heteroatoms. The predicted octanol–water partition coefficient (Wildman–Crippen LogP) is 2.43. The zero-order valence-electron chi connectivity index (χ0n) is 18.2. The minimum atomic E-state index is -3.59. The first-order valence-corrected chi connectivity index (χ1v) is 12.5. The molecule has 0 bridgehead atoms. The van der Waals surface area contributed by atoms with E-state index in [1.54, 1.807) is 37.1 Å². The highest BCUT2D eigenvalue weighted by molar-refractivity contribution is 7.89. The maximum Gasteiger partial charge on any atom is 0.243 e. The third kappa shape index (κ3) is 5.50. The van der Waals surface area contributed by atoms with Gasteiger partial charge < -0.3 is 10.2 Å². The largest absolute Gasteiger partial charge is 0.340 e. The van der Waals surface area contributed by atoms with Crippen molar-refractivity contribution < 1.29 is 18.0 Å². The van der Waals surface area contributed by atoms with Gasteiger partial charge in [0.15, 0.2) is 5.13 Å². The highest BCUT2D eigenvalue weighted by Crippen LogP contribution is 2.23. The first-order chi connectivity index (χ1) is 14.6. The van der Waals surface area contributed by atoms with Gasteiger partial charge in [0, 0.05) is 37.5 Å². The molecule has 1 aromatic carbocycles. The number of aryl methyl sites for hydroxylation is 2. The fraction of sp³-hybridized carbons (Fsp3) is 0.476. The number of anilines is 1. The Kier molecular flexibility index (Phi) is 7.13. The van der Waals surface area contributed by atoms with Crippen LogP contribution in [0.5, 0.6) is 0 Å². The third-order valence-electron chi connectivity index (χ3n) is 5.19. The molecular formula is C21H28N4O4S2. The van der Waals surface area contributed by atoms with E-state index in [0.717, 1.165) is 5.56 Å². The number of thiazole rings is 1. The van der Waals surface area contributed by atoms with Crippen molar-refractivity contribution in [3.05, 3.63) is 40.4 Å². The summed E-state index contributed by atoms with van der Waals surface area (Å²) in [6, 6.07) is 5.40. The minimum Gasteiger partial charge on any atom is -0.340 e. The lowest BCUT2D eigenvalue weighted by Crippen LogP contribution is -2.51. The van der Waals surface area contributed by atoms with Gasteiger partial charge in [-0.25, -0.2) is 13.4 Å². The molecule has 8 nitrogen and oxygen atoms in total. The van der Waals surface area contributed by atoms with Crippen LogP contribution in [0, 0.1) is 19.8 Å². The van der Waals surface area contributed by atoms with Gasteiger partial charge in [-0.05, 0) is 31.0 Å². The molecule has 1 fully saturated rings. The van der Waals surface area contributed by atoms with Crippen molar-refractivity contribution in [3.8, 4) is 0 Å². The minimum absolute atomic E-state index is 0.101. The van der Waals surface area contributed by atoms with Crippen LogP contribution in [0.15, 0.2) is 28.5 Å². The number of piperazine rings is 1. The molecule has 0 spiro atoms. The summed E-state index contributed by atoms with van der Waals surface area (Å²) < 4.78 is 27.5. The molecule has 0 aliphatic carbocycles. The number of rotatable bonds is 6. The molecule has 0 radical (unpaired) electrons. The maximum absolute atomic E-state index is 13.0. The van der Waals surface area contributed by atoms with Crippen LogP contribution >= 0.6 is 11.3 Å². The molecule has 1 aliphatic heterocycles. The number of sulfonamides is 1. The lowest BCUT2D eigenvalue weighted by molar-refractivity contribution is -0.131. The summed E-state index contributed by atoms with van der Waals surface area (Å²) in [5.41, 5.74) is 2.21. The van der Waals surface area contributed by atoms with Gasteiger partial charge in [-0.1, -0.05) is 26.0 Å². The lowest BCUT2D eigenvalue weighted by atomic mass is 10.2. The summed E-state index contributed by atoms with van der Waals surface area (Å²) in [5, 5.41) is 4.97. The lowest BCUT2D eigenvalue weighted by Gasteiger charge is -2.34. The van der Waals surface area contributed by atoms with E-state index in [2.05, 4.69) is 10.3 Å². The Morgan fingerprint density at radius 3 is 2.48 bits per heavy atom. The molecular weight excluding hydrogens is 436 g/mol. The van der Waals surface area contributed by atoms with Gasteiger partial charge in [-0.3, -0.25) is 9.59 Å². The quantitative estimate of drug-likeness (QED) is 0.708. The number of carbonyl (C=O) groups excluding carboxylic acids is 2. The number of hydrogen-bond donors (Lipinski definition) is 1. The van der Waals surface area contributed by atoms with E-state index in [0.29, 0.717) is 34.4 Å². The van der Waals surface area contributed by atoms with Crippen LogP contribution in [-0.4, -0.2) is 60.6 Å². The van der Waals surface area contributed by atoms with Crippen LogP contribution in [-0.2, 0) is 26.0 Å². The zero-order chi connectivity index (χ0) is 22.8. The van der Waals surface area contributed by atoms with Gasteiger partial charge in [-0.15, -0.1) is 11.3 Å². The second-order valence-corrected chi connectivity index (χ2v) is 10.8. The van der Waals surface area contributed by atoms with E-state index < -0.39 is 10.0 Å². The van der Waals surface area contributed by atoms with Crippen LogP contribution in [0.2, 0.25) is 0 Å². The summed E-state index contributed by atoms with van der Waals surface area (Å²) in [4.78, 5) is 30.7. The average Bonchev–Trinajstić information content (AvgIpc) is 3.16. The molecule has 0 unspecified atom stereocenters. The molecule has 0 saturated carbocycles. The molecule has 3 rings (SSSR count). The Balaban J connectivity index is 1.58. The average molecular weight is 465 g/mol.